The zero-order valence-electron chi connectivity index (χ0n) is 12.7. The van der Waals surface area contributed by atoms with Gasteiger partial charge in [-0.3, -0.25) is 4.79 Å². The van der Waals surface area contributed by atoms with Crippen LogP contribution in [-0.4, -0.2) is 12.0 Å². The number of hydrogen-bond acceptors (Lipinski definition) is 3. The maximum Gasteiger partial charge on any atom is 0.265 e. The third kappa shape index (κ3) is 2.90. The van der Waals surface area contributed by atoms with Gasteiger partial charge in [-0.05, 0) is 41.3 Å². The first-order valence-electron chi connectivity index (χ1n) is 7.59. The Hall–Kier alpha value is -2.30. The molecule has 1 aliphatic rings. The van der Waals surface area contributed by atoms with E-state index >= 15 is 0 Å². The highest BCUT2D eigenvalue weighted by Gasteiger charge is 2.29. The maximum atomic E-state index is 12.6. The van der Waals surface area contributed by atoms with Crippen LogP contribution >= 0.6 is 22.9 Å². The van der Waals surface area contributed by atoms with Crippen molar-refractivity contribution in [3.05, 3.63) is 70.6 Å². The van der Waals surface area contributed by atoms with Crippen molar-refractivity contribution in [2.45, 2.75) is 12.5 Å². The highest BCUT2D eigenvalue weighted by molar-refractivity contribution is 7.13. The lowest BCUT2D eigenvalue weighted by Gasteiger charge is -2.14. The van der Waals surface area contributed by atoms with Gasteiger partial charge >= 0.3 is 0 Å². The number of benzene rings is 2. The Balaban J connectivity index is 1.54. The standard InChI is InChI=1S/C19H14ClNO2S/c20-13-7-8-16-12(10-13)11-17(23-16)19(22)21-15-5-2-1-4-14(15)18-6-3-9-24-18/h1-10,17H,11H2,(H,21,22). The molecule has 0 aliphatic carbocycles. The minimum Gasteiger partial charge on any atom is -0.480 e. The number of hydrogen-bond donors (Lipinski definition) is 1. The number of thiophene rings is 1. The fourth-order valence-electron chi connectivity index (χ4n) is 2.82. The number of rotatable bonds is 3. The molecule has 0 spiro atoms. The molecule has 3 nitrogen and oxygen atoms in total. The van der Waals surface area contributed by atoms with Crippen LogP contribution in [-0.2, 0) is 11.2 Å². The van der Waals surface area contributed by atoms with Gasteiger partial charge in [0, 0.05) is 27.6 Å². The van der Waals surface area contributed by atoms with Crippen molar-refractivity contribution in [3.63, 3.8) is 0 Å². The molecule has 1 aliphatic heterocycles. The van der Waals surface area contributed by atoms with Crippen molar-refractivity contribution in [2.24, 2.45) is 0 Å². The van der Waals surface area contributed by atoms with E-state index in [-0.39, 0.29) is 5.91 Å². The molecule has 4 rings (SSSR count). The van der Waals surface area contributed by atoms with Crippen LogP contribution in [0.2, 0.25) is 5.02 Å². The molecule has 0 saturated carbocycles. The van der Waals surface area contributed by atoms with Crippen molar-refractivity contribution in [1.29, 1.82) is 0 Å². The van der Waals surface area contributed by atoms with Gasteiger partial charge < -0.3 is 10.1 Å². The molecule has 1 amide bonds. The molecular formula is C19H14ClNO2S. The van der Waals surface area contributed by atoms with Gasteiger partial charge in [-0.15, -0.1) is 11.3 Å². The van der Waals surface area contributed by atoms with E-state index in [2.05, 4.69) is 5.32 Å². The van der Waals surface area contributed by atoms with Crippen LogP contribution in [0.15, 0.2) is 60.0 Å². The number of fused-ring (bicyclic) bond motifs is 1. The Kier molecular flexibility index (Phi) is 4.00. The monoisotopic (exact) mass is 355 g/mol. The summed E-state index contributed by atoms with van der Waals surface area (Å²) in [7, 11) is 0. The molecule has 1 unspecified atom stereocenters. The summed E-state index contributed by atoms with van der Waals surface area (Å²) in [4.78, 5) is 13.7. The molecular weight excluding hydrogens is 342 g/mol. The zero-order chi connectivity index (χ0) is 16.5. The van der Waals surface area contributed by atoms with Crippen LogP contribution in [0.25, 0.3) is 10.4 Å². The van der Waals surface area contributed by atoms with Crippen LogP contribution in [0.5, 0.6) is 5.75 Å². The molecule has 1 atom stereocenters. The molecule has 1 aromatic heterocycles. The van der Waals surface area contributed by atoms with E-state index in [4.69, 9.17) is 16.3 Å². The molecule has 2 heterocycles. The van der Waals surface area contributed by atoms with Crippen molar-refractivity contribution in [1.82, 2.24) is 0 Å². The lowest BCUT2D eigenvalue weighted by molar-refractivity contribution is -0.122. The zero-order valence-corrected chi connectivity index (χ0v) is 14.2. The van der Waals surface area contributed by atoms with Gasteiger partial charge in [0.25, 0.3) is 5.91 Å². The number of amides is 1. The van der Waals surface area contributed by atoms with Crippen LogP contribution < -0.4 is 10.1 Å². The summed E-state index contributed by atoms with van der Waals surface area (Å²) in [6.07, 6.45) is -0.00189. The Labute approximate surface area is 148 Å². The van der Waals surface area contributed by atoms with Crippen molar-refractivity contribution in [2.75, 3.05) is 5.32 Å². The largest absolute Gasteiger partial charge is 0.480 e. The van der Waals surface area contributed by atoms with E-state index in [0.717, 1.165) is 27.4 Å². The summed E-state index contributed by atoms with van der Waals surface area (Å²) in [5.74, 6) is 0.581. The van der Waals surface area contributed by atoms with E-state index in [1.54, 1.807) is 17.4 Å². The van der Waals surface area contributed by atoms with E-state index < -0.39 is 6.10 Å². The average molecular weight is 356 g/mol. The number of para-hydroxylation sites is 1. The highest BCUT2D eigenvalue weighted by Crippen LogP contribution is 2.34. The number of anilines is 1. The molecule has 0 bridgehead atoms. The first-order chi connectivity index (χ1) is 11.7. The summed E-state index contributed by atoms with van der Waals surface area (Å²) in [6.45, 7) is 0. The molecule has 2 aromatic carbocycles. The molecule has 24 heavy (non-hydrogen) atoms. The second-order valence-electron chi connectivity index (χ2n) is 5.57. The third-order valence-corrected chi connectivity index (χ3v) is 5.10. The van der Waals surface area contributed by atoms with Crippen molar-refractivity contribution >= 4 is 34.5 Å². The summed E-state index contributed by atoms with van der Waals surface area (Å²) >= 11 is 7.65. The molecule has 0 fully saturated rings. The fraction of sp³-hybridized carbons (Fsp3) is 0.105. The van der Waals surface area contributed by atoms with E-state index in [1.807, 2.05) is 53.9 Å². The van der Waals surface area contributed by atoms with Gasteiger partial charge in [-0.1, -0.05) is 35.9 Å². The van der Waals surface area contributed by atoms with E-state index in [9.17, 15) is 4.79 Å². The number of halogens is 1. The third-order valence-electron chi connectivity index (χ3n) is 3.96. The van der Waals surface area contributed by atoms with Crippen LogP contribution in [0.4, 0.5) is 5.69 Å². The maximum absolute atomic E-state index is 12.6. The summed E-state index contributed by atoms with van der Waals surface area (Å²) < 4.78 is 5.76. The Morgan fingerprint density at radius 3 is 2.88 bits per heavy atom. The van der Waals surface area contributed by atoms with Gasteiger partial charge in [0.1, 0.15) is 5.75 Å². The second kappa shape index (κ2) is 6.30. The molecule has 0 radical (unpaired) electrons. The molecule has 3 aromatic rings. The van der Waals surface area contributed by atoms with E-state index in [0.29, 0.717) is 11.4 Å². The molecule has 0 saturated heterocycles. The normalized spacial score (nSPS) is 15.6. The second-order valence-corrected chi connectivity index (χ2v) is 6.96. The average Bonchev–Trinajstić information content (AvgIpc) is 3.24. The highest BCUT2D eigenvalue weighted by atomic mass is 35.5. The number of carbonyl (C=O) groups is 1. The summed E-state index contributed by atoms with van der Waals surface area (Å²) in [5, 5.41) is 5.68. The van der Waals surface area contributed by atoms with Crippen molar-refractivity contribution < 1.29 is 9.53 Å². The van der Waals surface area contributed by atoms with Gasteiger partial charge in [-0.25, -0.2) is 0 Å². The molecule has 120 valence electrons. The first-order valence-corrected chi connectivity index (χ1v) is 8.85. The summed E-state index contributed by atoms with van der Waals surface area (Å²) in [6, 6.07) is 17.3. The lowest BCUT2D eigenvalue weighted by atomic mass is 10.1. The number of carbonyl (C=O) groups excluding carboxylic acids is 1. The minimum absolute atomic E-state index is 0.147. The Morgan fingerprint density at radius 1 is 1.17 bits per heavy atom. The minimum atomic E-state index is -0.533. The van der Waals surface area contributed by atoms with Crippen molar-refractivity contribution in [3.8, 4) is 16.2 Å². The van der Waals surface area contributed by atoms with Crippen LogP contribution in [0.3, 0.4) is 0 Å². The van der Waals surface area contributed by atoms with Gasteiger partial charge in [0.2, 0.25) is 0 Å². The first kappa shape index (κ1) is 15.2. The van der Waals surface area contributed by atoms with E-state index in [1.165, 1.54) is 0 Å². The summed E-state index contributed by atoms with van der Waals surface area (Å²) in [5.41, 5.74) is 2.77. The molecule has 5 heteroatoms. The lowest BCUT2D eigenvalue weighted by Crippen LogP contribution is -2.31. The van der Waals surface area contributed by atoms with Gasteiger partial charge in [0.05, 0.1) is 0 Å². The Morgan fingerprint density at radius 2 is 2.04 bits per heavy atom. The predicted octanol–water partition coefficient (Wildman–Crippen LogP) is 5.01. The SMILES string of the molecule is O=C(Nc1ccccc1-c1cccs1)C1Cc2cc(Cl)ccc2O1. The molecule has 1 N–H and O–H groups in total. The van der Waals surface area contributed by atoms with Crippen LogP contribution in [0, 0.1) is 0 Å². The number of ether oxygens (including phenoxy) is 1. The smallest absolute Gasteiger partial charge is 0.265 e. The number of nitrogens with one attached hydrogen (secondary N) is 1. The quantitative estimate of drug-likeness (QED) is 0.717. The fourth-order valence-corrected chi connectivity index (χ4v) is 3.78. The predicted molar refractivity (Wildman–Crippen MR) is 98.0 cm³/mol. The topological polar surface area (TPSA) is 38.3 Å². The van der Waals surface area contributed by atoms with Gasteiger partial charge in [0.15, 0.2) is 6.10 Å². The Bertz CT molecular complexity index is 892. The van der Waals surface area contributed by atoms with Gasteiger partial charge in [-0.2, -0.15) is 0 Å². The van der Waals surface area contributed by atoms with Crippen LogP contribution in [0.1, 0.15) is 5.56 Å².